The summed E-state index contributed by atoms with van der Waals surface area (Å²) in [5.41, 5.74) is 3.81. The van der Waals surface area contributed by atoms with Gasteiger partial charge < -0.3 is 10.2 Å². The summed E-state index contributed by atoms with van der Waals surface area (Å²) in [6.07, 6.45) is 9.76. The van der Waals surface area contributed by atoms with Gasteiger partial charge in [0, 0.05) is 17.3 Å². The lowest BCUT2D eigenvalue weighted by Crippen LogP contribution is -2.52. The fourth-order valence-corrected chi connectivity index (χ4v) is 5.59. The molecule has 0 atom stereocenters. The van der Waals surface area contributed by atoms with E-state index in [0.717, 1.165) is 19.3 Å². The molecule has 4 aliphatic carbocycles. The molecule has 0 saturated heterocycles. The molecule has 1 aromatic rings. The van der Waals surface area contributed by atoms with Crippen molar-refractivity contribution in [2.24, 2.45) is 28.3 Å². The number of nitrogens with one attached hydrogen (secondary N) is 1. The summed E-state index contributed by atoms with van der Waals surface area (Å²) in [5.74, 6) is 2.11. The summed E-state index contributed by atoms with van der Waals surface area (Å²) in [6, 6.07) is 0. The molecule has 0 spiro atoms. The molecule has 1 amide bonds. The fraction of sp³-hybridized carbons (Fsp3) is 0.632. The van der Waals surface area contributed by atoms with E-state index >= 15 is 0 Å². The number of carbonyl (C=O) groups is 1. The van der Waals surface area contributed by atoms with Crippen LogP contribution in [-0.4, -0.2) is 27.3 Å². The summed E-state index contributed by atoms with van der Waals surface area (Å²) in [4.78, 5) is 16.9. The number of pyridine rings is 1. The average Bonchev–Trinajstić information content (AvgIpc) is 2.57. The first-order valence-electron chi connectivity index (χ1n) is 9.12. The number of hydrazone groups is 1. The molecular formula is C19H25N3O3. The summed E-state index contributed by atoms with van der Waals surface area (Å²) in [6.45, 7) is 1.44. The number of aliphatic hydroxyl groups is 1. The van der Waals surface area contributed by atoms with Gasteiger partial charge in [-0.05, 0) is 63.2 Å². The number of aromatic nitrogens is 1. The lowest BCUT2D eigenvalue weighted by Gasteiger charge is -2.55. The molecule has 4 fully saturated rings. The van der Waals surface area contributed by atoms with Crippen molar-refractivity contribution in [1.82, 2.24) is 10.4 Å². The Hall–Kier alpha value is -1.95. The second-order valence-electron chi connectivity index (χ2n) is 8.19. The van der Waals surface area contributed by atoms with E-state index in [9.17, 15) is 15.0 Å². The van der Waals surface area contributed by atoms with Crippen molar-refractivity contribution in [3.05, 3.63) is 23.0 Å². The second kappa shape index (κ2) is 6.09. The lowest BCUT2D eigenvalue weighted by molar-refractivity contribution is -0.146. The molecule has 1 heterocycles. The van der Waals surface area contributed by atoms with Crippen molar-refractivity contribution < 1.29 is 15.0 Å². The third-order valence-corrected chi connectivity index (χ3v) is 6.41. The molecular weight excluding hydrogens is 318 g/mol. The van der Waals surface area contributed by atoms with E-state index in [2.05, 4.69) is 15.5 Å². The Balaban J connectivity index is 1.50. The van der Waals surface area contributed by atoms with E-state index in [1.54, 1.807) is 6.92 Å². The maximum atomic E-state index is 12.8. The van der Waals surface area contributed by atoms with E-state index in [0.29, 0.717) is 34.6 Å². The summed E-state index contributed by atoms with van der Waals surface area (Å²) in [7, 11) is 0. The Kier molecular flexibility index (Phi) is 4.02. The molecule has 3 N–H and O–H groups in total. The van der Waals surface area contributed by atoms with Crippen LogP contribution in [0.25, 0.3) is 0 Å². The predicted molar refractivity (Wildman–Crippen MR) is 92.9 cm³/mol. The molecule has 4 saturated carbocycles. The van der Waals surface area contributed by atoms with E-state index < -0.39 is 0 Å². The van der Waals surface area contributed by atoms with Crippen LogP contribution in [0.4, 0.5) is 0 Å². The van der Waals surface area contributed by atoms with Crippen LogP contribution in [0.2, 0.25) is 0 Å². The largest absolute Gasteiger partial charge is 0.505 e. The van der Waals surface area contributed by atoms with Crippen molar-refractivity contribution in [1.29, 1.82) is 0 Å². The molecule has 0 radical (unpaired) electrons. The quantitative estimate of drug-likeness (QED) is 0.577. The van der Waals surface area contributed by atoms with Crippen LogP contribution >= 0.6 is 0 Å². The van der Waals surface area contributed by atoms with Crippen molar-refractivity contribution in [3.8, 4) is 5.75 Å². The Morgan fingerprint density at radius 2 is 1.92 bits per heavy atom. The van der Waals surface area contributed by atoms with Crippen molar-refractivity contribution >= 4 is 12.1 Å². The zero-order valence-corrected chi connectivity index (χ0v) is 14.5. The fourth-order valence-electron chi connectivity index (χ4n) is 5.59. The number of nitrogens with zero attached hydrogens (tertiary/aromatic N) is 2. The number of aryl methyl sites for hydroxylation is 1. The van der Waals surface area contributed by atoms with Crippen molar-refractivity contribution in [2.75, 3.05) is 0 Å². The summed E-state index contributed by atoms with van der Waals surface area (Å²) >= 11 is 0. The topological polar surface area (TPSA) is 94.8 Å². The van der Waals surface area contributed by atoms with Crippen molar-refractivity contribution in [3.63, 3.8) is 0 Å². The van der Waals surface area contributed by atoms with Crippen LogP contribution in [-0.2, 0) is 11.4 Å². The maximum Gasteiger partial charge on any atom is 0.246 e. The molecule has 25 heavy (non-hydrogen) atoms. The van der Waals surface area contributed by atoms with Gasteiger partial charge in [-0.15, -0.1) is 0 Å². The zero-order valence-electron chi connectivity index (χ0n) is 14.5. The number of amides is 1. The van der Waals surface area contributed by atoms with Crippen LogP contribution in [0.1, 0.15) is 55.3 Å². The van der Waals surface area contributed by atoms with Crippen LogP contribution in [0.3, 0.4) is 0 Å². The predicted octanol–water partition coefficient (Wildman–Crippen LogP) is 2.25. The lowest BCUT2D eigenvalue weighted by atomic mass is 9.49. The van der Waals surface area contributed by atoms with E-state index in [4.69, 9.17) is 0 Å². The van der Waals surface area contributed by atoms with Gasteiger partial charge in [0.1, 0.15) is 5.75 Å². The van der Waals surface area contributed by atoms with Crippen LogP contribution in [0.5, 0.6) is 5.75 Å². The monoisotopic (exact) mass is 343 g/mol. The third kappa shape index (κ3) is 2.82. The van der Waals surface area contributed by atoms with Crippen molar-refractivity contribution in [2.45, 2.75) is 52.1 Å². The standard InChI is InChI=1S/C19H25N3O3/c1-11-17(24)16(15(10-23)8-20-11)9-21-22-18(25)19-5-12-2-13(6-19)4-14(3-12)7-19/h8-9,12-14,23-24H,2-7,10H2,1H3,(H,22,25)/b21-9+. The first kappa shape index (κ1) is 16.5. The summed E-state index contributed by atoms with van der Waals surface area (Å²) in [5, 5.41) is 23.6. The zero-order chi connectivity index (χ0) is 17.6. The molecule has 0 unspecified atom stereocenters. The number of hydrogen-bond donors (Lipinski definition) is 3. The highest BCUT2D eigenvalue weighted by molar-refractivity contribution is 5.88. The number of aromatic hydroxyl groups is 1. The normalized spacial score (nSPS) is 33.1. The van der Waals surface area contributed by atoms with Gasteiger partial charge in [-0.2, -0.15) is 5.10 Å². The minimum Gasteiger partial charge on any atom is -0.505 e. The molecule has 4 bridgehead atoms. The molecule has 4 aliphatic rings. The van der Waals surface area contributed by atoms with Gasteiger partial charge >= 0.3 is 0 Å². The number of carbonyl (C=O) groups excluding carboxylic acids is 1. The average molecular weight is 343 g/mol. The summed E-state index contributed by atoms with van der Waals surface area (Å²) < 4.78 is 0. The molecule has 5 rings (SSSR count). The van der Waals surface area contributed by atoms with Gasteiger partial charge in [0.25, 0.3) is 0 Å². The number of hydrogen-bond acceptors (Lipinski definition) is 5. The van der Waals surface area contributed by atoms with Gasteiger partial charge in [-0.3, -0.25) is 9.78 Å². The molecule has 1 aromatic heterocycles. The Morgan fingerprint density at radius 3 is 2.48 bits per heavy atom. The number of aliphatic hydroxyl groups excluding tert-OH is 1. The molecule has 6 nitrogen and oxygen atoms in total. The highest BCUT2D eigenvalue weighted by atomic mass is 16.3. The van der Waals surface area contributed by atoms with Gasteiger partial charge in [0.2, 0.25) is 5.91 Å². The van der Waals surface area contributed by atoms with Gasteiger partial charge in [0.05, 0.1) is 23.9 Å². The van der Waals surface area contributed by atoms with Crippen LogP contribution < -0.4 is 5.43 Å². The Morgan fingerprint density at radius 1 is 1.32 bits per heavy atom. The van der Waals surface area contributed by atoms with E-state index in [1.807, 2.05) is 0 Å². The smallest absolute Gasteiger partial charge is 0.246 e. The molecule has 6 heteroatoms. The minimum absolute atomic E-state index is 0.0127. The van der Waals surface area contributed by atoms with Crippen LogP contribution in [0.15, 0.2) is 11.3 Å². The first-order chi connectivity index (χ1) is 12.0. The second-order valence-corrected chi connectivity index (χ2v) is 8.19. The SMILES string of the molecule is Cc1ncc(CO)c(/C=N/NC(=O)C23CC4CC(CC(C4)C2)C3)c1O. The Bertz CT molecular complexity index is 694. The highest BCUT2D eigenvalue weighted by Gasteiger charge is 2.54. The third-order valence-electron chi connectivity index (χ3n) is 6.41. The van der Waals surface area contributed by atoms with Gasteiger partial charge in [0.15, 0.2) is 0 Å². The van der Waals surface area contributed by atoms with Gasteiger partial charge in [-0.1, -0.05) is 0 Å². The molecule has 134 valence electrons. The molecule has 0 aromatic carbocycles. The van der Waals surface area contributed by atoms with Crippen LogP contribution in [0, 0.1) is 30.1 Å². The highest BCUT2D eigenvalue weighted by Crippen LogP contribution is 2.60. The number of rotatable bonds is 4. The first-order valence-corrected chi connectivity index (χ1v) is 9.12. The van der Waals surface area contributed by atoms with Gasteiger partial charge in [-0.25, -0.2) is 5.43 Å². The minimum atomic E-state index is -0.248. The van der Waals surface area contributed by atoms with E-state index in [1.165, 1.54) is 31.7 Å². The molecule has 0 aliphatic heterocycles. The van der Waals surface area contributed by atoms with E-state index in [-0.39, 0.29) is 23.7 Å². The Labute approximate surface area is 147 Å². The maximum absolute atomic E-state index is 12.8.